The van der Waals surface area contributed by atoms with Crippen LogP contribution in [-0.2, 0) is 19.2 Å². The zero-order valence-corrected chi connectivity index (χ0v) is 10.9. The minimum absolute atomic E-state index is 0.106. The molecule has 6 nitrogen and oxygen atoms in total. The Kier molecular flexibility index (Phi) is 4.51. The summed E-state index contributed by atoms with van der Waals surface area (Å²) in [6, 6.07) is 5.50. The molecule has 1 aromatic rings. The Bertz CT molecular complexity index is 476. The average molecular weight is 280 g/mol. The second kappa shape index (κ2) is 6.33. The molecule has 2 heterocycles. The SMILES string of the molecule is O=C(CCSc1ccccn1)ON1C(=O)CCC1=O. The molecule has 0 radical (unpaired) electrons. The maximum Gasteiger partial charge on any atom is 0.334 e. The number of rotatable bonds is 5. The molecule has 2 rings (SSSR count). The van der Waals surface area contributed by atoms with Gasteiger partial charge in [0.15, 0.2) is 0 Å². The van der Waals surface area contributed by atoms with Gasteiger partial charge in [0, 0.05) is 24.8 Å². The highest BCUT2D eigenvalue weighted by molar-refractivity contribution is 7.99. The molecule has 0 aromatic carbocycles. The van der Waals surface area contributed by atoms with Crippen LogP contribution in [0.4, 0.5) is 0 Å². The summed E-state index contributed by atoms with van der Waals surface area (Å²) < 4.78 is 0. The van der Waals surface area contributed by atoms with Crippen molar-refractivity contribution in [1.82, 2.24) is 10.0 Å². The minimum atomic E-state index is -0.591. The molecule has 1 saturated heterocycles. The number of hydroxylamine groups is 2. The van der Waals surface area contributed by atoms with Crippen LogP contribution >= 0.6 is 11.8 Å². The third kappa shape index (κ3) is 3.78. The van der Waals surface area contributed by atoms with Gasteiger partial charge in [-0.3, -0.25) is 9.59 Å². The first kappa shape index (κ1) is 13.5. The molecule has 1 aromatic heterocycles. The Morgan fingerprint density at radius 1 is 1.32 bits per heavy atom. The van der Waals surface area contributed by atoms with Gasteiger partial charge in [0.05, 0.1) is 11.4 Å². The van der Waals surface area contributed by atoms with E-state index in [0.717, 1.165) is 5.03 Å². The van der Waals surface area contributed by atoms with E-state index in [0.29, 0.717) is 10.8 Å². The number of nitrogens with zero attached hydrogens (tertiary/aromatic N) is 2. The molecule has 100 valence electrons. The zero-order chi connectivity index (χ0) is 13.7. The Balaban J connectivity index is 1.73. The van der Waals surface area contributed by atoms with Crippen LogP contribution in [0.5, 0.6) is 0 Å². The van der Waals surface area contributed by atoms with Crippen molar-refractivity contribution in [3.8, 4) is 0 Å². The number of carbonyl (C=O) groups is 3. The number of carbonyl (C=O) groups excluding carboxylic acids is 3. The monoisotopic (exact) mass is 280 g/mol. The van der Waals surface area contributed by atoms with Crippen molar-refractivity contribution >= 4 is 29.5 Å². The molecule has 7 heteroatoms. The maximum atomic E-state index is 11.5. The molecular formula is C12H12N2O4S. The predicted octanol–water partition coefficient (Wildman–Crippen LogP) is 1.17. The van der Waals surface area contributed by atoms with Gasteiger partial charge in [0.25, 0.3) is 11.8 Å². The largest absolute Gasteiger partial charge is 0.334 e. The second-order valence-electron chi connectivity index (χ2n) is 3.81. The highest BCUT2D eigenvalue weighted by Gasteiger charge is 2.32. The first-order valence-corrected chi connectivity index (χ1v) is 6.76. The molecule has 1 fully saturated rings. The predicted molar refractivity (Wildman–Crippen MR) is 66.8 cm³/mol. The standard InChI is InChI=1S/C12H12N2O4S/c15-10-4-5-11(16)14(10)18-12(17)6-8-19-9-3-1-2-7-13-9/h1-3,7H,4-6,8H2. The topological polar surface area (TPSA) is 76.6 Å². The van der Waals surface area contributed by atoms with Gasteiger partial charge in [-0.2, -0.15) is 0 Å². The number of imide groups is 1. The van der Waals surface area contributed by atoms with Gasteiger partial charge in [0.2, 0.25) is 0 Å². The van der Waals surface area contributed by atoms with Crippen LogP contribution in [0.2, 0.25) is 0 Å². The van der Waals surface area contributed by atoms with E-state index >= 15 is 0 Å². The number of amides is 2. The van der Waals surface area contributed by atoms with Crippen LogP contribution < -0.4 is 0 Å². The van der Waals surface area contributed by atoms with Crippen molar-refractivity contribution < 1.29 is 19.2 Å². The molecule has 1 aliphatic heterocycles. The summed E-state index contributed by atoms with van der Waals surface area (Å²) in [5.74, 6) is -1.04. The number of thioether (sulfide) groups is 1. The van der Waals surface area contributed by atoms with Gasteiger partial charge in [-0.05, 0) is 12.1 Å². The van der Waals surface area contributed by atoms with Crippen molar-refractivity contribution in [3.05, 3.63) is 24.4 Å². The number of pyridine rings is 1. The van der Waals surface area contributed by atoms with Crippen LogP contribution in [0.3, 0.4) is 0 Å². The first-order chi connectivity index (χ1) is 9.16. The minimum Gasteiger partial charge on any atom is -0.330 e. The van der Waals surface area contributed by atoms with Crippen molar-refractivity contribution in [2.24, 2.45) is 0 Å². The number of hydrogen-bond acceptors (Lipinski definition) is 6. The molecule has 19 heavy (non-hydrogen) atoms. The maximum absolute atomic E-state index is 11.5. The lowest BCUT2D eigenvalue weighted by Crippen LogP contribution is -2.32. The Morgan fingerprint density at radius 3 is 2.68 bits per heavy atom. The van der Waals surface area contributed by atoms with Crippen LogP contribution in [0.15, 0.2) is 29.4 Å². The summed E-state index contributed by atoms with van der Waals surface area (Å²) in [5, 5.41) is 1.37. The molecule has 0 spiro atoms. The summed E-state index contributed by atoms with van der Waals surface area (Å²) in [4.78, 5) is 42.8. The van der Waals surface area contributed by atoms with Gasteiger partial charge in [-0.15, -0.1) is 16.8 Å². The van der Waals surface area contributed by atoms with E-state index in [4.69, 9.17) is 4.84 Å². The third-order valence-electron chi connectivity index (χ3n) is 2.39. The lowest BCUT2D eigenvalue weighted by Gasteiger charge is -2.12. The molecule has 1 aliphatic rings. The van der Waals surface area contributed by atoms with E-state index in [1.807, 2.05) is 18.2 Å². The van der Waals surface area contributed by atoms with Crippen LogP contribution in [0, 0.1) is 0 Å². The van der Waals surface area contributed by atoms with Crippen LogP contribution in [-0.4, -0.2) is 33.6 Å². The van der Waals surface area contributed by atoms with Gasteiger partial charge in [-0.1, -0.05) is 6.07 Å². The normalized spacial score (nSPS) is 14.8. The highest BCUT2D eigenvalue weighted by atomic mass is 32.2. The van der Waals surface area contributed by atoms with Gasteiger partial charge in [0.1, 0.15) is 0 Å². The molecule has 0 saturated carbocycles. The lowest BCUT2D eigenvalue weighted by molar-refractivity contribution is -0.197. The van der Waals surface area contributed by atoms with Gasteiger partial charge >= 0.3 is 5.97 Å². The summed E-state index contributed by atoms with van der Waals surface area (Å²) in [7, 11) is 0. The van der Waals surface area contributed by atoms with Crippen molar-refractivity contribution in [3.63, 3.8) is 0 Å². The van der Waals surface area contributed by atoms with E-state index in [9.17, 15) is 14.4 Å². The average Bonchev–Trinajstić information content (AvgIpc) is 2.72. The van der Waals surface area contributed by atoms with E-state index < -0.39 is 17.8 Å². The van der Waals surface area contributed by atoms with E-state index in [-0.39, 0.29) is 19.3 Å². The summed E-state index contributed by atoms with van der Waals surface area (Å²) in [6.07, 6.45) is 1.99. The van der Waals surface area contributed by atoms with Crippen molar-refractivity contribution in [2.75, 3.05) is 5.75 Å². The molecule has 0 N–H and O–H groups in total. The summed E-state index contributed by atoms with van der Waals surface area (Å²) in [5.41, 5.74) is 0. The van der Waals surface area contributed by atoms with Gasteiger partial charge in [-0.25, -0.2) is 9.78 Å². The Morgan fingerprint density at radius 2 is 2.05 bits per heavy atom. The fourth-order valence-electron chi connectivity index (χ4n) is 1.48. The first-order valence-electron chi connectivity index (χ1n) is 5.77. The van der Waals surface area contributed by atoms with Crippen LogP contribution in [0.1, 0.15) is 19.3 Å². The molecule has 0 atom stereocenters. The van der Waals surface area contributed by atoms with Crippen LogP contribution in [0.25, 0.3) is 0 Å². The lowest BCUT2D eigenvalue weighted by atomic mass is 10.4. The molecule has 0 aliphatic carbocycles. The van der Waals surface area contributed by atoms with Gasteiger partial charge < -0.3 is 4.84 Å². The Labute approximate surface area is 114 Å². The van der Waals surface area contributed by atoms with E-state index in [2.05, 4.69) is 4.98 Å². The molecular weight excluding hydrogens is 268 g/mol. The Hall–Kier alpha value is -1.89. The molecule has 2 amide bonds. The second-order valence-corrected chi connectivity index (χ2v) is 4.93. The molecule has 0 unspecified atom stereocenters. The third-order valence-corrected chi connectivity index (χ3v) is 3.34. The van der Waals surface area contributed by atoms with E-state index in [1.54, 1.807) is 6.20 Å². The zero-order valence-electron chi connectivity index (χ0n) is 10.1. The summed E-state index contributed by atoms with van der Waals surface area (Å²) in [6.45, 7) is 0. The fraction of sp³-hybridized carbons (Fsp3) is 0.333. The number of aromatic nitrogens is 1. The van der Waals surface area contributed by atoms with Crippen molar-refractivity contribution in [1.29, 1.82) is 0 Å². The summed E-state index contributed by atoms with van der Waals surface area (Å²) >= 11 is 1.41. The number of hydrogen-bond donors (Lipinski definition) is 0. The fourth-order valence-corrected chi connectivity index (χ4v) is 2.26. The molecule has 0 bridgehead atoms. The van der Waals surface area contributed by atoms with E-state index in [1.165, 1.54) is 11.8 Å². The quantitative estimate of drug-likeness (QED) is 0.595. The smallest absolute Gasteiger partial charge is 0.330 e. The van der Waals surface area contributed by atoms with Crippen molar-refractivity contribution in [2.45, 2.75) is 24.3 Å². The highest BCUT2D eigenvalue weighted by Crippen LogP contribution is 2.16.